The van der Waals surface area contributed by atoms with Gasteiger partial charge in [-0.25, -0.2) is 17.6 Å². The third-order valence-electron chi connectivity index (χ3n) is 5.95. The molecule has 3 fully saturated rings. The molecule has 0 aromatic heterocycles. The first kappa shape index (κ1) is 23.7. The normalized spacial score (nSPS) is 21.6. The van der Waals surface area contributed by atoms with Gasteiger partial charge in [0.15, 0.2) is 0 Å². The highest BCUT2D eigenvalue weighted by atomic mass is 32.2. The average Bonchev–Trinajstić information content (AvgIpc) is 2.72. The highest BCUT2D eigenvalue weighted by Crippen LogP contribution is 2.31. The Hall–Kier alpha value is -2.45. The van der Waals surface area contributed by atoms with E-state index in [1.165, 1.54) is 0 Å². The lowest BCUT2D eigenvalue weighted by Gasteiger charge is -2.53. The number of rotatable bonds is 3. The molecule has 182 valence electrons. The number of hydrogen-bond acceptors (Lipinski definition) is 6. The van der Waals surface area contributed by atoms with Gasteiger partial charge < -0.3 is 19.9 Å². The van der Waals surface area contributed by atoms with Gasteiger partial charge >= 0.3 is 11.5 Å². The number of sulfone groups is 1. The standard InChI is InChI=1S/C19H22F4N4O5S/c20-15-7-14(33(30,31)19(21,22)23)2-1-13(15)8-25-3-5-26(6-4-25)17(29)27-10-18(11-27)12-32-9-16(28)24-18/h1-2,7H,3-6,8-12H2,(H,24,28). The van der Waals surface area contributed by atoms with Crippen LogP contribution in [0.1, 0.15) is 5.56 Å². The molecule has 3 saturated heterocycles. The van der Waals surface area contributed by atoms with E-state index in [1.54, 1.807) is 9.80 Å². The fraction of sp³-hybridized carbons (Fsp3) is 0.579. The van der Waals surface area contributed by atoms with Gasteiger partial charge in [0, 0.05) is 51.4 Å². The van der Waals surface area contributed by atoms with E-state index in [2.05, 4.69) is 5.32 Å². The van der Waals surface area contributed by atoms with Crippen LogP contribution in [0.15, 0.2) is 23.1 Å². The second-order valence-corrected chi connectivity index (χ2v) is 10.4. The third-order valence-corrected chi connectivity index (χ3v) is 7.43. The van der Waals surface area contributed by atoms with E-state index in [0.717, 1.165) is 12.1 Å². The van der Waals surface area contributed by atoms with Crippen LogP contribution in [0.3, 0.4) is 0 Å². The summed E-state index contributed by atoms with van der Waals surface area (Å²) in [5.41, 5.74) is -5.97. The fourth-order valence-electron chi connectivity index (χ4n) is 4.19. The average molecular weight is 494 g/mol. The molecule has 0 atom stereocenters. The van der Waals surface area contributed by atoms with Crippen LogP contribution in [-0.2, 0) is 25.9 Å². The summed E-state index contributed by atoms with van der Waals surface area (Å²) in [5, 5.41) is 2.86. The molecule has 1 N–H and O–H groups in total. The highest BCUT2D eigenvalue weighted by molar-refractivity contribution is 7.92. The molecule has 3 amide bonds. The van der Waals surface area contributed by atoms with Gasteiger partial charge in [-0.05, 0) is 12.1 Å². The van der Waals surface area contributed by atoms with Crippen LogP contribution in [0.2, 0.25) is 0 Å². The van der Waals surface area contributed by atoms with Crippen molar-refractivity contribution in [2.75, 3.05) is 52.5 Å². The molecule has 1 spiro atoms. The summed E-state index contributed by atoms with van der Waals surface area (Å²) in [4.78, 5) is 28.1. The van der Waals surface area contributed by atoms with E-state index in [4.69, 9.17) is 4.74 Å². The van der Waals surface area contributed by atoms with Crippen LogP contribution in [0, 0.1) is 5.82 Å². The van der Waals surface area contributed by atoms with Crippen molar-refractivity contribution in [3.05, 3.63) is 29.6 Å². The quantitative estimate of drug-likeness (QED) is 0.617. The number of urea groups is 1. The van der Waals surface area contributed by atoms with E-state index in [-0.39, 0.29) is 30.7 Å². The van der Waals surface area contributed by atoms with Crippen molar-refractivity contribution in [3.63, 3.8) is 0 Å². The molecule has 3 heterocycles. The Morgan fingerprint density at radius 2 is 1.79 bits per heavy atom. The SMILES string of the molecule is O=C1COCC2(CN(C(=O)N3CCN(Cc4ccc(S(=O)(=O)C(F)(F)F)cc4F)CC3)C2)N1. The Balaban J connectivity index is 1.29. The molecule has 9 nitrogen and oxygen atoms in total. The van der Waals surface area contributed by atoms with Crippen molar-refractivity contribution in [2.45, 2.75) is 22.5 Å². The Bertz CT molecular complexity index is 1050. The highest BCUT2D eigenvalue weighted by Gasteiger charge is 2.49. The predicted molar refractivity (Wildman–Crippen MR) is 105 cm³/mol. The molecular weight excluding hydrogens is 472 g/mol. The van der Waals surface area contributed by atoms with E-state index in [9.17, 15) is 35.6 Å². The topological polar surface area (TPSA) is 99.3 Å². The van der Waals surface area contributed by atoms with Crippen molar-refractivity contribution < 1.29 is 40.3 Å². The number of alkyl halides is 3. The zero-order chi connectivity index (χ0) is 24.0. The maximum absolute atomic E-state index is 14.3. The summed E-state index contributed by atoms with van der Waals surface area (Å²) in [6, 6.07) is 1.98. The minimum absolute atomic E-state index is 0.0130. The van der Waals surface area contributed by atoms with Gasteiger partial charge in [-0.1, -0.05) is 6.07 Å². The number of piperazine rings is 1. The molecule has 33 heavy (non-hydrogen) atoms. The summed E-state index contributed by atoms with van der Waals surface area (Å²) >= 11 is 0. The van der Waals surface area contributed by atoms with Crippen LogP contribution >= 0.6 is 0 Å². The van der Waals surface area contributed by atoms with Crippen LogP contribution in [0.4, 0.5) is 22.4 Å². The number of carbonyl (C=O) groups excluding carboxylic acids is 2. The Morgan fingerprint density at radius 3 is 2.36 bits per heavy atom. The molecule has 0 radical (unpaired) electrons. The van der Waals surface area contributed by atoms with Gasteiger partial charge in [-0.2, -0.15) is 13.2 Å². The second-order valence-electron chi connectivity index (χ2n) is 8.43. The van der Waals surface area contributed by atoms with Crippen molar-refractivity contribution in [1.82, 2.24) is 20.0 Å². The Morgan fingerprint density at radius 1 is 1.12 bits per heavy atom. The summed E-state index contributed by atoms with van der Waals surface area (Å²) in [6.07, 6.45) is 0. The first-order chi connectivity index (χ1) is 15.4. The molecule has 0 unspecified atom stereocenters. The maximum atomic E-state index is 14.3. The molecule has 0 saturated carbocycles. The predicted octanol–water partition coefficient (Wildman–Crippen LogP) is 0.558. The summed E-state index contributed by atoms with van der Waals surface area (Å²) < 4.78 is 80.4. The van der Waals surface area contributed by atoms with E-state index in [1.807, 2.05) is 4.90 Å². The Labute approximate surface area is 187 Å². The molecule has 0 bridgehead atoms. The second kappa shape index (κ2) is 8.40. The minimum Gasteiger partial charge on any atom is -0.369 e. The first-order valence-electron chi connectivity index (χ1n) is 10.1. The zero-order valence-corrected chi connectivity index (χ0v) is 18.2. The van der Waals surface area contributed by atoms with Gasteiger partial charge in [-0.3, -0.25) is 9.69 Å². The fourth-order valence-corrected chi connectivity index (χ4v) is 4.97. The van der Waals surface area contributed by atoms with Crippen molar-refractivity contribution in [1.29, 1.82) is 0 Å². The van der Waals surface area contributed by atoms with Crippen LogP contribution in [0.25, 0.3) is 0 Å². The lowest BCUT2D eigenvalue weighted by atomic mass is 9.90. The maximum Gasteiger partial charge on any atom is 0.501 e. The molecule has 14 heteroatoms. The summed E-state index contributed by atoms with van der Waals surface area (Å²) in [7, 11) is -5.62. The smallest absolute Gasteiger partial charge is 0.369 e. The van der Waals surface area contributed by atoms with E-state index >= 15 is 0 Å². The molecule has 1 aromatic carbocycles. The number of benzene rings is 1. The van der Waals surface area contributed by atoms with Crippen molar-refractivity contribution >= 4 is 21.8 Å². The van der Waals surface area contributed by atoms with Crippen molar-refractivity contribution in [3.8, 4) is 0 Å². The zero-order valence-electron chi connectivity index (χ0n) is 17.4. The largest absolute Gasteiger partial charge is 0.501 e. The lowest BCUT2D eigenvalue weighted by molar-refractivity contribution is -0.141. The molecule has 3 aliphatic heterocycles. The minimum atomic E-state index is -5.62. The van der Waals surface area contributed by atoms with Crippen LogP contribution in [0.5, 0.6) is 0 Å². The third kappa shape index (κ3) is 4.64. The van der Waals surface area contributed by atoms with Crippen LogP contribution in [-0.4, -0.2) is 98.6 Å². The number of likely N-dealkylation sites (tertiary alicyclic amines) is 1. The number of carbonyl (C=O) groups is 2. The van der Waals surface area contributed by atoms with Gasteiger partial charge in [0.05, 0.1) is 17.0 Å². The van der Waals surface area contributed by atoms with Gasteiger partial charge in [0.25, 0.3) is 9.84 Å². The number of ether oxygens (including phenoxy) is 1. The molecule has 3 aliphatic rings. The first-order valence-corrected chi connectivity index (χ1v) is 11.6. The lowest BCUT2D eigenvalue weighted by Crippen LogP contribution is -2.76. The Kier molecular flexibility index (Phi) is 6.03. The summed E-state index contributed by atoms with van der Waals surface area (Å²) in [6.45, 7) is 2.70. The number of morpholine rings is 1. The van der Waals surface area contributed by atoms with Crippen molar-refractivity contribution in [2.24, 2.45) is 0 Å². The number of nitrogens with one attached hydrogen (secondary N) is 1. The molecular formula is C19H22F4N4O5S. The molecule has 0 aliphatic carbocycles. The molecule has 1 aromatic rings. The number of hydrogen-bond donors (Lipinski definition) is 1. The van der Waals surface area contributed by atoms with Gasteiger partial charge in [0.1, 0.15) is 12.4 Å². The van der Waals surface area contributed by atoms with E-state index in [0.29, 0.717) is 51.9 Å². The van der Waals surface area contributed by atoms with E-state index < -0.39 is 31.6 Å². The number of amides is 3. The van der Waals surface area contributed by atoms with Gasteiger partial charge in [-0.15, -0.1) is 0 Å². The van der Waals surface area contributed by atoms with Gasteiger partial charge in [0.2, 0.25) is 5.91 Å². The number of nitrogens with zero attached hydrogens (tertiary/aromatic N) is 3. The number of halogens is 4. The monoisotopic (exact) mass is 494 g/mol. The van der Waals surface area contributed by atoms with Crippen LogP contribution < -0.4 is 5.32 Å². The molecule has 4 rings (SSSR count). The summed E-state index contributed by atoms with van der Waals surface area (Å²) in [5.74, 6) is -1.25.